The maximum atomic E-state index is 13.9. The summed E-state index contributed by atoms with van der Waals surface area (Å²) in [5.74, 6) is -2.00. The molecule has 3 rings (SSSR count). The maximum Gasteiger partial charge on any atom is 0.224 e. The first-order valence-electron chi connectivity index (χ1n) is 14.9. The minimum atomic E-state index is -3.78. The van der Waals surface area contributed by atoms with Crippen LogP contribution in [0, 0.1) is 5.92 Å². The zero-order valence-electron chi connectivity index (χ0n) is 25.8. The summed E-state index contributed by atoms with van der Waals surface area (Å²) in [6.07, 6.45) is 2.12. The van der Waals surface area contributed by atoms with E-state index in [4.69, 9.17) is 5.73 Å². The van der Waals surface area contributed by atoms with Crippen LogP contribution in [0.25, 0.3) is 10.2 Å². The Balaban J connectivity index is 1.88. The van der Waals surface area contributed by atoms with Crippen LogP contribution >= 0.6 is 11.3 Å². The highest BCUT2D eigenvalue weighted by Crippen LogP contribution is 2.24. The molecule has 13 heteroatoms. The number of ketones is 3. The molecular weight excluding hydrogens is 615 g/mol. The lowest BCUT2D eigenvalue weighted by Gasteiger charge is -2.23. The molecule has 1 amide bonds. The van der Waals surface area contributed by atoms with Crippen molar-refractivity contribution < 1.29 is 27.6 Å². The van der Waals surface area contributed by atoms with Crippen molar-refractivity contribution in [1.29, 1.82) is 0 Å². The Morgan fingerprint density at radius 2 is 1.69 bits per heavy atom. The van der Waals surface area contributed by atoms with Crippen LogP contribution < -0.4 is 15.8 Å². The molecule has 1 aromatic heterocycles. The van der Waals surface area contributed by atoms with Crippen LogP contribution in [0.4, 0.5) is 0 Å². The Kier molecular flexibility index (Phi) is 13.5. The van der Waals surface area contributed by atoms with Gasteiger partial charge in [-0.1, -0.05) is 49.4 Å². The largest absolute Gasteiger partial charge is 0.387 e. The van der Waals surface area contributed by atoms with Gasteiger partial charge in [-0.25, -0.2) is 18.1 Å². The summed E-state index contributed by atoms with van der Waals surface area (Å²) in [6, 6.07) is 14.4. The van der Waals surface area contributed by atoms with Crippen LogP contribution in [-0.4, -0.2) is 67.4 Å². The predicted octanol–water partition coefficient (Wildman–Crippen LogP) is 3.62. The number of carbonyl (C=O) groups excluding carboxylic acids is 4. The molecule has 0 aliphatic heterocycles. The summed E-state index contributed by atoms with van der Waals surface area (Å²) < 4.78 is 27.2. The van der Waals surface area contributed by atoms with Crippen molar-refractivity contribution in [2.24, 2.45) is 16.6 Å². The number of amides is 1. The summed E-state index contributed by atoms with van der Waals surface area (Å²) in [6.45, 7) is 3.63. The molecule has 0 aliphatic rings. The molecule has 0 saturated carbocycles. The van der Waals surface area contributed by atoms with E-state index in [0.717, 1.165) is 16.5 Å². The minimum Gasteiger partial charge on any atom is -0.387 e. The Hall–Kier alpha value is -3.81. The van der Waals surface area contributed by atoms with E-state index in [1.165, 1.54) is 18.3 Å². The Bertz CT molecular complexity index is 1590. The first kappa shape index (κ1) is 35.7. The fraction of sp³-hybridized carbons (Fsp3) is 0.438. The molecule has 1 heterocycles. The number of thiazole rings is 1. The molecule has 45 heavy (non-hydrogen) atoms. The normalized spacial score (nSPS) is 14.1. The summed E-state index contributed by atoms with van der Waals surface area (Å²) in [5.41, 5.74) is 7.31. The fourth-order valence-corrected chi connectivity index (χ4v) is 6.47. The van der Waals surface area contributed by atoms with E-state index in [9.17, 15) is 27.6 Å². The number of nitrogens with two attached hydrogens (primary N) is 1. The van der Waals surface area contributed by atoms with E-state index >= 15 is 0 Å². The number of fused-ring (bicyclic) bond motifs is 1. The van der Waals surface area contributed by atoms with Gasteiger partial charge in [0, 0.05) is 31.7 Å². The van der Waals surface area contributed by atoms with Gasteiger partial charge in [-0.15, -0.1) is 11.3 Å². The molecule has 4 N–H and O–H groups in total. The molecule has 3 atom stereocenters. The summed E-state index contributed by atoms with van der Waals surface area (Å²) in [7, 11) is -3.78. The van der Waals surface area contributed by atoms with Gasteiger partial charge in [-0.05, 0) is 50.3 Å². The molecule has 0 unspecified atom stereocenters. The molecule has 0 aliphatic carbocycles. The number of nitrogens with one attached hydrogen (secondary N) is 2. The van der Waals surface area contributed by atoms with Crippen LogP contribution in [-0.2, 0) is 30.8 Å². The number of Topliss-reactive ketones (excluding diaryl/α,β-unsaturated/α-hetero) is 3. The van der Waals surface area contributed by atoms with E-state index < -0.39 is 39.7 Å². The number of hydrogen-bond donors (Lipinski definition) is 3. The molecular formula is C32H41N5O6S2. The second kappa shape index (κ2) is 17.0. The zero-order chi connectivity index (χ0) is 33.0. The van der Waals surface area contributed by atoms with E-state index in [-0.39, 0.29) is 48.7 Å². The predicted molar refractivity (Wildman–Crippen MR) is 177 cm³/mol. The van der Waals surface area contributed by atoms with Gasteiger partial charge in [0.15, 0.2) is 10.8 Å². The monoisotopic (exact) mass is 655 g/mol. The number of carbonyl (C=O) groups is 4. The quantitative estimate of drug-likeness (QED) is 0.0759. The van der Waals surface area contributed by atoms with Gasteiger partial charge in [0.05, 0.1) is 34.4 Å². The zero-order valence-corrected chi connectivity index (χ0v) is 27.5. The molecule has 0 bridgehead atoms. The topological polar surface area (TPSA) is 178 Å². The number of hydrogen-bond acceptors (Lipinski definition) is 9. The third kappa shape index (κ3) is 11.9. The van der Waals surface area contributed by atoms with Crippen LogP contribution in [0.5, 0.6) is 0 Å². The van der Waals surface area contributed by atoms with Crippen LogP contribution in [0.2, 0.25) is 0 Å². The van der Waals surface area contributed by atoms with Crippen molar-refractivity contribution in [2.45, 2.75) is 70.9 Å². The van der Waals surface area contributed by atoms with Crippen molar-refractivity contribution in [3.63, 3.8) is 0 Å². The van der Waals surface area contributed by atoms with Gasteiger partial charge < -0.3 is 15.8 Å². The molecule has 3 aromatic rings. The molecule has 11 nitrogen and oxygen atoms in total. The Labute approximate surface area is 268 Å². The molecule has 0 saturated heterocycles. The number of aliphatic imine (C=N–C) groups is 1. The van der Waals surface area contributed by atoms with Gasteiger partial charge >= 0.3 is 0 Å². The highest BCUT2D eigenvalue weighted by molar-refractivity contribution is 7.88. The van der Waals surface area contributed by atoms with E-state index in [1.807, 2.05) is 61.5 Å². The lowest BCUT2D eigenvalue weighted by atomic mass is 9.90. The molecule has 0 fully saturated rings. The van der Waals surface area contributed by atoms with Crippen molar-refractivity contribution in [3.8, 4) is 0 Å². The number of rotatable bonds is 19. The van der Waals surface area contributed by atoms with Crippen molar-refractivity contribution in [1.82, 2.24) is 15.0 Å². The first-order chi connectivity index (χ1) is 21.4. The third-order valence-corrected chi connectivity index (χ3v) is 8.90. The SMILES string of the molecule is CCC(N)=NCCC[C@H](NC(=O)[C@@H](CC(=O)[C@H](CCC(C)=O)NS(C)(=O)=O)Cc1ccccc1)C(=O)c1nc2ccccc2s1. The number of para-hydroxylation sites is 1. The number of sulfonamides is 1. The molecule has 0 spiro atoms. The maximum absolute atomic E-state index is 13.9. The number of benzene rings is 2. The standard InChI is InChI=1S/C32H41N5O6S2/c1-4-29(33)34-18-10-14-26(30(40)32-36-25-13-8-9-15-28(25)44-32)35-31(41)23(19-22-11-6-5-7-12-22)20-27(39)24(17-16-21(2)38)37-45(3,42)43/h5-9,11-13,15,23-24,26,37H,4,10,14,16-20H2,1-3H3,(H2,33,34)(H,35,41)/t23-,24+,26+/m1/s1. The van der Waals surface area contributed by atoms with E-state index in [1.54, 1.807) is 0 Å². The lowest BCUT2D eigenvalue weighted by molar-refractivity contribution is -0.130. The minimum absolute atomic E-state index is 0.00174. The first-order valence-corrected chi connectivity index (χ1v) is 17.6. The van der Waals surface area contributed by atoms with Gasteiger partial charge in [0.25, 0.3) is 0 Å². The summed E-state index contributed by atoms with van der Waals surface area (Å²) in [5, 5.41) is 3.14. The highest BCUT2D eigenvalue weighted by Gasteiger charge is 2.32. The van der Waals surface area contributed by atoms with Gasteiger partial charge in [-0.2, -0.15) is 0 Å². The summed E-state index contributed by atoms with van der Waals surface area (Å²) in [4.78, 5) is 61.5. The van der Waals surface area contributed by atoms with E-state index in [0.29, 0.717) is 30.7 Å². The van der Waals surface area contributed by atoms with Crippen molar-refractivity contribution in [3.05, 3.63) is 65.2 Å². The number of amidine groups is 1. The lowest BCUT2D eigenvalue weighted by Crippen LogP contribution is -2.46. The van der Waals surface area contributed by atoms with Crippen molar-refractivity contribution in [2.75, 3.05) is 12.8 Å². The van der Waals surface area contributed by atoms with Crippen LogP contribution in [0.3, 0.4) is 0 Å². The van der Waals surface area contributed by atoms with Crippen LogP contribution in [0.15, 0.2) is 59.6 Å². The Morgan fingerprint density at radius 3 is 2.33 bits per heavy atom. The average molecular weight is 656 g/mol. The molecule has 2 aromatic carbocycles. The van der Waals surface area contributed by atoms with Crippen LogP contribution in [0.1, 0.15) is 67.7 Å². The Morgan fingerprint density at radius 1 is 1.00 bits per heavy atom. The van der Waals surface area contributed by atoms with Gasteiger partial charge in [0.2, 0.25) is 21.7 Å². The fourth-order valence-electron chi connectivity index (χ4n) is 4.75. The number of nitrogens with zero attached hydrogens (tertiary/aromatic N) is 2. The third-order valence-electron chi connectivity index (χ3n) is 7.14. The van der Waals surface area contributed by atoms with Gasteiger partial charge in [-0.3, -0.25) is 19.4 Å². The second-order valence-corrected chi connectivity index (χ2v) is 13.8. The summed E-state index contributed by atoms with van der Waals surface area (Å²) >= 11 is 1.24. The average Bonchev–Trinajstić information content (AvgIpc) is 3.44. The van der Waals surface area contributed by atoms with E-state index in [2.05, 4.69) is 20.0 Å². The second-order valence-electron chi connectivity index (χ2n) is 11.0. The molecule has 242 valence electrons. The molecule has 0 radical (unpaired) electrons. The smallest absolute Gasteiger partial charge is 0.224 e. The van der Waals surface area contributed by atoms with Crippen molar-refractivity contribution >= 4 is 60.7 Å². The van der Waals surface area contributed by atoms with Gasteiger partial charge in [0.1, 0.15) is 5.78 Å². The number of aromatic nitrogens is 1. The highest BCUT2D eigenvalue weighted by atomic mass is 32.2.